The molecule has 2 heterocycles. The van der Waals surface area contributed by atoms with Crippen molar-refractivity contribution in [3.63, 3.8) is 0 Å². The van der Waals surface area contributed by atoms with E-state index >= 15 is 0 Å². The van der Waals surface area contributed by atoms with Crippen LogP contribution in [-0.4, -0.2) is 28.0 Å². The van der Waals surface area contributed by atoms with Crippen molar-refractivity contribution in [2.75, 3.05) is 13.3 Å². The summed E-state index contributed by atoms with van der Waals surface area (Å²) in [6, 6.07) is 0. The number of hydrogen-bond donors (Lipinski definition) is 0. The van der Waals surface area contributed by atoms with E-state index in [9.17, 15) is 0 Å². The fourth-order valence-corrected chi connectivity index (χ4v) is 3.46. The number of halogens is 2. The van der Waals surface area contributed by atoms with Crippen LogP contribution in [0.25, 0.3) is 5.70 Å². The summed E-state index contributed by atoms with van der Waals surface area (Å²) in [4.78, 5) is 1.93. The molecule has 0 aliphatic carbocycles. The third-order valence-corrected chi connectivity index (χ3v) is 4.74. The molecule has 1 aliphatic rings. The Morgan fingerprint density at radius 1 is 1.32 bits per heavy atom. The minimum absolute atomic E-state index is 0.640. The van der Waals surface area contributed by atoms with Gasteiger partial charge in [-0.1, -0.05) is 29.8 Å². The molecule has 1 aromatic heterocycles. The summed E-state index contributed by atoms with van der Waals surface area (Å²) in [6.07, 6.45) is 3.87. The Morgan fingerprint density at radius 3 is 2.47 bits per heavy atom. The number of allylic oxidation sites excluding steroid dienone is 3. The Balaban J connectivity index is 2.64. The van der Waals surface area contributed by atoms with Crippen molar-refractivity contribution in [3.05, 3.63) is 39.7 Å². The molecule has 2 rings (SSSR count). The van der Waals surface area contributed by atoms with E-state index in [2.05, 4.69) is 11.7 Å². The van der Waals surface area contributed by atoms with Crippen LogP contribution >= 0.6 is 35.0 Å². The van der Waals surface area contributed by atoms with Crippen LogP contribution in [0, 0.1) is 0 Å². The van der Waals surface area contributed by atoms with Crippen LogP contribution in [0.3, 0.4) is 0 Å². The first-order chi connectivity index (χ1) is 8.88. The summed E-state index contributed by atoms with van der Waals surface area (Å²) in [5.74, 6) is 0. The van der Waals surface area contributed by atoms with Crippen LogP contribution in [0.5, 0.6) is 0 Å². The van der Waals surface area contributed by atoms with Crippen LogP contribution in [0.1, 0.15) is 12.6 Å². The Hall–Kier alpha value is -0.840. The zero-order valence-electron chi connectivity index (χ0n) is 11.3. The van der Waals surface area contributed by atoms with Gasteiger partial charge in [0.2, 0.25) is 0 Å². The first-order valence-corrected chi connectivity index (χ1v) is 7.64. The lowest BCUT2D eigenvalue weighted by Crippen LogP contribution is -2.20. The van der Waals surface area contributed by atoms with Crippen LogP contribution in [0.4, 0.5) is 0 Å². The molecule has 0 radical (unpaired) electrons. The fourth-order valence-electron chi connectivity index (χ4n) is 2.10. The highest BCUT2D eigenvalue weighted by atomic mass is 35.5. The monoisotopic (exact) mass is 315 g/mol. The quantitative estimate of drug-likeness (QED) is 0.766. The number of aryl methyl sites for hydroxylation is 1. The van der Waals surface area contributed by atoms with Gasteiger partial charge in [0.15, 0.2) is 0 Å². The van der Waals surface area contributed by atoms with Crippen molar-refractivity contribution in [3.8, 4) is 0 Å². The van der Waals surface area contributed by atoms with E-state index in [-0.39, 0.29) is 0 Å². The number of thioether (sulfide) groups is 1. The first-order valence-electron chi connectivity index (χ1n) is 5.66. The molecule has 0 bridgehead atoms. The summed E-state index contributed by atoms with van der Waals surface area (Å²) in [5.41, 5.74) is 3.47. The van der Waals surface area contributed by atoms with Crippen LogP contribution in [0.2, 0.25) is 5.02 Å². The van der Waals surface area contributed by atoms with Crippen LogP contribution in [-0.2, 0) is 7.05 Å². The second-order valence-electron chi connectivity index (χ2n) is 4.33. The highest BCUT2D eigenvalue weighted by molar-refractivity contribution is 7.98. The summed E-state index contributed by atoms with van der Waals surface area (Å²) >= 11 is 14.1. The third-order valence-electron chi connectivity index (χ3n) is 3.09. The van der Waals surface area contributed by atoms with Gasteiger partial charge >= 0.3 is 0 Å². The lowest BCUT2D eigenvalue weighted by Gasteiger charge is -2.28. The molecule has 102 valence electrons. The van der Waals surface area contributed by atoms with E-state index in [4.69, 9.17) is 23.2 Å². The van der Waals surface area contributed by atoms with Gasteiger partial charge in [-0.2, -0.15) is 5.10 Å². The van der Waals surface area contributed by atoms with Gasteiger partial charge in [-0.15, -0.1) is 11.8 Å². The van der Waals surface area contributed by atoms with Crippen molar-refractivity contribution in [1.29, 1.82) is 0 Å². The number of nitrogens with zero attached hydrogens (tertiary/aromatic N) is 3. The van der Waals surface area contributed by atoms with E-state index in [1.54, 1.807) is 16.4 Å². The van der Waals surface area contributed by atoms with Gasteiger partial charge in [-0.25, -0.2) is 0 Å². The van der Waals surface area contributed by atoms with Gasteiger partial charge in [0.1, 0.15) is 15.7 Å². The second kappa shape index (κ2) is 5.27. The molecule has 1 aromatic rings. The molecule has 0 aromatic carbocycles. The number of rotatable bonds is 2. The molecule has 1 aliphatic heterocycles. The normalized spacial score (nSPS) is 16.2. The van der Waals surface area contributed by atoms with E-state index in [0.29, 0.717) is 10.1 Å². The molecule has 0 fully saturated rings. The Labute approximate surface area is 127 Å². The topological polar surface area (TPSA) is 21.1 Å². The Kier molecular flexibility index (Phi) is 4.04. The largest absolute Gasteiger partial charge is 0.342 e. The molecular formula is C13H15Cl2N3S. The summed E-state index contributed by atoms with van der Waals surface area (Å²) in [6.45, 7) is 5.96. The molecular weight excluding hydrogens is 301 g/mol. The first kappa shape index (κ1) is 14.6. The molecule has 0 atom stereocenters. The van der Waals surface area contributed by atoms with E-state index in [1.807, 2.05) is 38.3 Å². The van der Waals surface area contributed by atoms with Gasteiger partial charge in [0.05, 0.1) is 16.4 Å². The zero-order valence-corrected chi connectivity index (χ0v) is 13.6. The van der Waals surface area contributed by atoms with Gasteiger partial charge in [0.25, 0.3) is 0 Å². The van der Waals surface area contributed by atoms with Crippen molar-refractivity contribution in [2.45, 2.75) is 11.9 Å². The number of likely N-dealkylation sites (N-methyl/N-ethyl adjacent to an activating group) is 1. The average molecular weight is 316 g/mol. The maximum atomic E-state index is 6.43. The standard InChI is InChI=1S/C13H15Cl2N3S/c1-7-6-9(14)8(2)17(3)12(7)11-10(15)13(19-5)18(4)16-11/h6H,2H2,1,3-5H3. The van der Waals surface area contributed by atoms with Gasteiger partial charge < -0.3 is 4.90 Å². The lowest BCUT2D eigenvalue weighted by atomic mass is 10.1. The van der Waals surface area contributed by atoms with E-state index in [1.165, 1.54) is 0 Å². The fraction of sp³-hybridized carbons (Fsp3) is 0.308. The molecule has 0 unspecified atom stereocenters. The minimum atomic E-state index is 0.640. The molecule has 0 spiro atoms. The van der Waals surface area contributed by atoms with E-state index in [0.717, 1.165) is 27.7 Å². The maximum absolute atomic E-state index is 6.43. The average Bonchev–Trinajstić information content (AvgIpc) is 2.62. The number of aromatic nitrogens is 2. The van der Waals surface area contributed by atoms with Crippen LogP contribution < -0.4 is 0 Å². The molecule has 0 N–H and O–H groups in total. The number of hydrogen-bond acceptors (Lipinski definition) is 3. The summed E-state index contributed by atoms with van der Waals surface area (Å²) in [7, 11) is 3.80. The third kappa shape index (κ3) is 2.33. The summed E-state index contributed by atoms with van der Waals surface area (Å²) in [5, 5.41) is 6.76. The lowest BCUT2D eigenvalue weighted by molar-refractivity contribution is 0.598. The highest BCUT2D eigenvalue weighted by Crippen LogP contribution is 2.39. The molecule has 0 saturated heterocycles. The van der Waals surface area contributed by atoms with Gasteiger partial charge in [-0.3, -0.25) is 4.68 Å². The van der Waals surface area contributed by atoms with E-state index < -0.39 is 0 Å². The molecule has 19 heavy (non-hydrogen) atoms. The van der Waals surface area contributed by atoms with Crippen LogP contribution in [0.15, 0.2) is 34.0 Å². The van der Waals surface area contributed by atoms with Crippen molar-refractivity contribution in [1.82, 2.24) is 14.7 Å². The minimum Gasteiger partial charge on any atom is -0.342 e. The highest BCUT2D eigenvalue weighted by Gasteiger charge is 2.25. The zero-order chi connectivity index (χ0) is 14.3. The molecule has 6 heteroatoms. The summed E-state index contributed by atoms with van der Waals surface area (Å²) < 4.78 is 1.79. The van der Waals surface area contributed by atoms with Crippen molar-refractivity contribution >= 4 is 40.7 Å². The molecule has 0 saturated carbocycles. The molecule has 0 amide bonds. The Morgan fingerprint density at radius 2 is 1.95 bits per heavy atom. The van der Waals surface area contributed by atoms with Crippen molar-refractivity contribution in [2.24, 2.45) is 7.05 Å². The van der Waals surface area contributed by atoms with Gasteiger partial charge in [0, 0.05) is 14.1 Å². The second-order valence-corrected chi connectivity index (χ2v) is 5.91. The predicted octanol–water partition coefficient (Wildman–Crippen LogP) is 4.11. The van der Waals surface area contributed by atoms with Gasteiger partial charge in [-0.05, 0) is 24.8 Å². The van der Waals surface area contributed by atoms with Crippen molar-refractivity contribution < 1.29 is 0 Å². The Bertz CT molecular complexity index is 614. The smallest absolute Gasteiger partial charge is 0.129 e. The molecule has 3 nitrogen and oxygen atoms in total. The SMILES string of the molecule is C=C1C(Cl)=CC(C)=C(c2nn(C)c(SC)c2Cl)N1C. The maximum Gasteiger partial charge on any atom is 0.129 e. The predicted molar refractivity (Wildman–Crippen MR) is 83.4 cm³/mol.